The van der Waals surface area contributed by atoms with Gasteiger partial charge in [-0.15, -0.1) is 11.3 Å². The number of hydrogen-bond donors (Lipinski definition) is 0. The van der Waals surface area contributed by atoms with Crippen LogP contribution in [0, 0.1) is 26.7 Å². The molecule has 9 heteroatoms. The first-order chi connectivity index (χ1) is 16.3. The fraction of sp³-hybridized carbons (Fsp3) is 0.480. The highest BCUT2D eigenvalue weighted by molar-refractivity contribution is 7.12. The van der Waals surface area contributed by atoms with Gasteiger partial charge in [-0.1, -0.05) is 0 Å². The highest BCUT2D eigenvalue weighted by Crippen LogP contribution is 2.29. The van der Waals surface area contributed by atoms with Gasteiger partial charge in [-0.2, -0.15) is 5.10 Å². The lowest BCUT2D eigenvalue weighted by Crippen LogP contribution is -2.46. The molecule has 0 spiro atoms. The number of nitrogens with zero attached hydrogens (tertiary/aromatic N) is 6. The van der Waals surface area contributed by atoms with Gasteiger partial charge in [0.15, 0.2) is 0 Å². The summed E-state index contributed by atoms with van der Waals surface area (Å²) < 4.78 is 1.62. The van der Waals surface area contributed by atoms with Gasteiger partial charge in [0.25, 0.3) is 11.9 Å². The van der Waals surface area contributed by atoms with E-state index in [1.807, 2.05) is 31.7 Å². The summed E-state index contributed by atoms with van der Waals surface area (Å²) in [4.78, 5) is 41.4. The van der Waals surface area contributed by atoms with Crippen molar-refractivity contribution in [2.45, 2.75) is 47.5 Å². The molecule has 0 aliphatic carbocycles. The monoisotopic (exact) mass is 480 g/mol. The van der Waals surface area contributed by atoms with Gasteiger partial charge < -0.3 is 9.80 Å². The smallest absolute Gasteiger partial charge is 0.257 e. The van der Waals surface area contributed by atoms with Gasteiger partial charge in [0.2, 0.25) is 5.91 Å². The van der Waals surface area contributed by atoms with Gasteiger partial charge >= 0.3 is 0 Å². The minimum Gasteiger partial charge on any atom is -0.343 e. The molecule has 0 radical (unpaired) electrons. The van der Waals surface area contributed by atoms with Crippen LogP contribution >= 0.6 is 11.3 Å². The van der Waals surface area contributed by atoms with E-state index < -0.39 is 0 Å². The minimum absolute atomic E-state index is 0.0961. The van der Waals surface area contributed by atoms with Crippen molar-refractivity contribution in [2.75, 3.05) is 26.2 Å². The molecule has 3 aromatic rings. The van der Waals surface area contributed by atoms with Crippen molar-refractivity contribution in [1.82, 2.24) is 29.5 Å². The van der Waals surface area contributed by atoms with Gasteiger partial charge in [0.1, 0.15) is 0 Å². The summed E-state index contributed by atoms with van der Waals surface area (Å²) in [6, 6.07) is 4.02. The Hall–Kier alpha value is -3.07. The first-order valence-corrected chi connectivity index (χ1v) is 12.7. The molecule has 2 amide bonds. The maximum atomic E-state index is 13.4. The number of hydrogen-bond acceptors (Lipinski definition) is 6. The van der Waals surface area contributed by atoms with E-state index in [1.54, 1.807) is 33.3 Å². The van der Waals surface area contributed by atoms with Crippen LogP contribution in [0.4, 0.5) is 0 Å². The van der Waals surface area contributed by atoms with Crippen LogP contribution in [-0.4, -0.2) is 67.5 Å². The predicted molar refractivity (Wildman–Crippen MR) is 133 cm³/mol. The summed E-state index contributed by atoms with van der Waals surface area (Å²) >= 11 is 1.74. The molecule has 4 heterocycles. The van der Waals surface area contributed by atoms with E-state index in [2.05, 4.69) is 30.0 Å². The van der Waals surface area contributed by atoms with E-state index >= 15 is 0 Å². The molecule has 0 bridgehead atoms. The highest BCUT2D eigenvalue weighted by Gasteiger charge is 2.32. The van der Waals surface area contributed by atoms with Gasteiger partial charge in [-0.25, -0.2) is 14.6 Å². The maximum absolute atomic E-state index is 13.4. The summed E-state index contributed by atoms with van der Waals surface area (Å²) in [7, 11) is 0. The molecule has 1 saturated heterocycles. The second-order valence-electron chi connectivity index (χ2n) is 8.73. The van der Waals surface area contributed by atoms with Crippen molar-refractivity contribution >= 4 is 23.2 Å². The molecular formula is C25H32N6O2S. The first kappa shape index (κ1) is 24.1. The third-order valence-electron chi connectivity index (χ3n) is 6.52. The van der Waals surface area contributed by atoms with Crippen molar-refractivity contribution < 1.29 is 9.59 Å². The van der Waals surface area contributed by atoms with E-state index in [0.717, 1.165) is 24.1 Å². The molecule has 1 atom stereocenters. The molecule has 0 aromatic carbocycles. The van der Waals surface area contributed by atoms with Crippen LogP contribution in [0.3, 0.4) is 0 Å². The third-order valence-corrected chi connectivity index (χ3v) is 7.49. The SMILES string of the molecule is CCN(CC)C(=O)[C@H]1CCCN(C(=O)c2cnn(-c3nccc(-c4cc(C)sc4C)n3)c2C)C1. The van der Waals surface area contributed by atoms with Crippen molar-refractivity contribution in [3.63, 3.8) is 0 Å². The van der Waals surface area contributed by atoms with Crippen LogP contribution in [0.25, 0.3) is 17.2 Å². The molecule has 8 nitrogen and oxygen atoms in total. The molecule has 1 aliphatic rings. The number of aryl methyl sites for hydroxylation is 2. The van der Waals surface area contributed by atoms with Gasteiger partial charge in [-0.3, -0.25) is 9.59 Å². The Bertz CT molecular complexity index is 1200. The Morgan fingerprint density at radius 3 is 2.65 bits per heavy atom. The standard InChI is InChI=1S/C25H32N6O2S/c1-6-29(7-2)23(32)19-9-8-12-30(15-19)24(33)21-14-27-31(17(21)4)25-26-11-10-22(28-25)20-13-16(3)34-18(20)5/h10-11,13-14,19H,6-9,12,15H2,1-5H3/t19-/m0/s1. The zero-order valence-electron chi connectivity index (χ0n) is 20.5. The Kier molecular flexibility index (Phi) is 7.11. The highest BCUT2D eigenvalue weighted by atomic mass is 32.1. The number of piperidine rings is 1. The number of rotatable bonds is 6. The molecule has 1 fully saturated rings. The van der Waals surface area contributed by atoms with Crippen LogP contribution in [0.5, 0.6) is 0 Å². The van der Waals surface area contributed by atoms with E-state index in [4.69, 9.17) is 4.98 Å². The van der Waals surface area contributed by atoms with Crippen molar-refractivity contribution in [1.29, 1.82) is 0 Å². The zero-order valence-corrected chi connectivity index (χ0v) is 21.4. The second kappa shape index (κ2) is 10.0. The number of thiophene rings is 1. The van der Waals surface area contributed by atoms with Crippen LogP contribution in [0.2, 0.25) is 0 Å². The topological polar surface area (TPSA) is 84.2 Å². The Balaban J connectivity index is 1.56. The molecule has 0 saturated carbocycles. The molecule has 1 aliphatic heterocycles. The van der Waals surface area contributed by atoms with Crippen molar-refractivity contribution in [2.24, 2.45) is 5.92 Å². The van der Waals surface area contributed by atoms with Gasteiger partial charge in [0.05, 0.1) is 29.1 Å². The lowest BCUT2D eigenvalue weighted by atomic mass is 9.96. The summed E-state index contributed by atoms with van der Waals surface area (Å²) in [5, 5.41) is 4.44. The van der Waals surface area contributed by atoms with Crippen molar-refractivity contribution in [3.8, 4) is 17.2 Å². The molecular weight excluding hydrogens is 448 g/mol. The number of carbonyl (C=O) groups excluding carboxylic acids is 2. The van der Waals surface area contributed by atoms with Gasteiger partial charge in [-0.05, 0) is 59.6 Å². The third kappa shape index (κ3) is 4.61. The van der Waals surface area contributed by atoms with Crippen LogP contribution in [-0.2, 0) is 4.79 Å². The van der Waals surface area contributed by atoms with Gasteiger partial charge in [0, 0.05) is 47.7 Å². The predicted octanol–water partition coefficient (Wildman–Crippen LogP) is 4.04. The van der Waals surface area contributed by atoms with Crippen LogP contribution in [0.15, 0.2) is 24.5 Å². The normalized spacial score (nSPS) is 16.0. The zero-order chi connectivity index (χ0) is 24.4. The summed E-state index contributed by atoms with van der Waals surface area (Å²) in [5.74, 6) is 0.330. The largest absolute Gasteiger partial charge is 0.343 e. The molecule has 0 N–H and O–H groups in total. The maximum Gasteiger partial charge on any atom is 0.257 e. The molecule has 0 unspecified atom stereocenters. The molecule has 3 aromatic heterocycles. The number of aromatic nitrogens is 4. The fourth-order valence-corrected chi connectivity index (χ4v) is 5.57. The fourth-order valence-electron chi connectivity index (χ4n) is 4.63. The number of carbonyl (C=O) groups is 2. The van der Waals surface area contributed by atoms with Crippen LogP contribution < -0.4 is 0 Å². The summed E-state index contributed by atoms with van der Waals surface area (Å²) in [6.45, 7) is 12.5. The molecule has 180 valence electrons. The Morgan fingerprint density at radius 2 is 1.97 bits per heavy atom. The summed E-state index contributed by atoms with van der Waals surface area (Å²) in [6.07, 6.45) is 4.95. The van der Waals surface area contributed by atoms with E-state index in [9.17, 15) is 9.59 Å². The lowest BCUT2D eigenvalue weighted by molar-refractivity contribution is -0.136. The lowest BCUT2D eigenvalue weighted by Gasteiger charge is -2.34. The number of likely N-dealkylation sites (tertiary alicyclic amines) is 1. The first-order valence-electron chi connectivity index (χ1n) is 11.9. The Labute approximate surface area is 204 Å². The van der Waals surface area contributed by atoms with Crippen molar-refractivity contribution in [3.05, 3.63) is 45.5 Å². The molecule has 34 heavy (non-hydrogen) atoms. The summed E-state index contributed by atoms with van der Waals surface area (Å²) in [5.41, 5.74) is 3.14. The van der Waals surface area contributed by atoms with E-state index in [-0.39, 0.29) is 17.7 Å². The quantitative estimate of drug-likeness (QED) is 0.532. The Morgan fingerprint density at radius 1 is 1.21 bits per heavy atom. The second-order valence-corrected chi connectivity index (χ2v) is 10.2. The number of amides is 2. The average Bonchev–Trinajstić information content (AvgIpc) is 3.40. The van der Waals surface area contributed by atoms with Crippen LogP contribution in [0.1, 0.15) is 52.5 Å². The average molecular weight is 481 g/mol. The molecule has 4 rings (SSSR count). The minimum atomic E-state index is -0.148. The van der Waals surface area contributed by atoms with E-state index in [1.165, 1.54) is 9.75 Å². The van der Waals surface area contributed by atoms with E-state index in [0.29, 0.717) is 43.4 Å².